The number of carbonyl (C=O) groups is 2. The van der Waals surface area contributed by atoms with Crippen LogP contribution in [0.4, 0.5) is 0 Å². The Morgan fingerprint density at radius 3 is 3.00 bits per heavy atom. The summed E-state index contributed by atoms with van der Waals surface area (Å²) in [7, 11) is 2.07. The summed E-state index contributed by atoms with van der Waals surface area (Å²) < 4.78 is 0. The van der Waals surface area contributed by atoms with Crippen molar-refractivity contribution in [1.82, 2.24) is 10.2 Å². The van der Waals surface area contributed by atoms with Gasteiger partial charge in [-0.2, -0.15) is 0 Å². The number of piperidine rings is 1. The highest BCUT2D eigenvalue weighted by Crippen LogP contribution is 2.15. The first-order valence-corrected chi connectivity index (χ1v) is 6.48. The van der Waals surface area contributed by atoms with Crippen LogP contribution in [-0.2, 0) is 14.4 Å². The summed E-state index contributed by atoms with van der Waals surface area (Å²) >= 11 is 0. The van der Waals surface area contributed by atoms with E-state index in [1.807, 2.05) is 0 Å². The second-order valence-electron chi connectivity index (χ2n) is 5.16. The fourth-order valence-corrected chi connectivity index (χ4v) is 2.44. The second kappa shape index (κ2) is 6.01. The van der Waals surface area contributed by atoms with Crippen molar-refractivity contribution in [2.24, 2.45) is 11.1 Å². The molecule has 1 amide bonds. The predicted molar refractivity (Wildman–Crippen MR) is 67.8 cm³/mol. The summed E-state index contributed by atoms with van der Waals surface area (Å²) in [6.07, 6.45) is 1.48. The van der Waals surface area contributed by atoms with Gasteiger partial charge in [0.2, 0.25) is 6.10 Å². The molecule has 0 radical (unpaired) electrons. The highest BCUT2D eigenvalue weighted by atomic mass is 16.6. The number of carbonyl (C=O) groups excluding carboxylic acids is 1. The molecule has 0 aliphatic carbocycles. The molecule has 2 aliphatic rings. The average Bonchev–Trinajstić information content (AvgIpc) is 2.86. The molecule has 0 aromatic carbocycles. The maximum atomic E-state index is 11.8. The smallest absolute Gasteiger partial charge is 0.353 e. The minimum atomic E-state index is -1.13. The van der Waals surface area contributed by atoms with Gasteiger partial charge in [0.15, 0.2) is 5.71 Å². The highest BCUT2D eigenvalue weighted by molar-refractivity contribution is 6.36. The molecule has 1 saturated heterocycles. The Kier molecular flexibility index (Phi) is 4.36. The third-order valence-electron chi connectivity index (χ3n) is 3.50. The van der Waals surface area contributed by atoms with Gasteiger partial charge in [0, 0.05) is 19.5 Å². The number of amides is 1. The SMILES string of the molecule is CN1CCCC(CNC(=O)C2CC(C(=O)O)=NO2)C1. The van der Waals surface area contributed by atoms with Gasteiger partial charge in [0.25, 0.3) is 5.91 Å². The molecule has 2 aliphatic heterocycles. The maximum absolute atomic E-state index is 11.8. The van der Waals surface area contributed by atoms with E-state index >= 15 is 0 Å². The molecule has 7 nitrogen and oxygen atoms in total. The van der Waals surface area contributed by atoms with Gasteiger partial charge in [-0.1, -0.05) is 5.16 Å². The Labute approximate surface area is 111 Å². The Hall–Kier alpha value is -1.63. The van der Waals surface area contributed by atoms with Gasteiger partial charge in [-0.25, -0.2) is 4.79 Å². The number of rotatable bonds is 4. The molecule has 2 atom stereocenters. The molecule has 1 fully saturated rings. The lowest BCUT2D eigenvalue weighted by atomic mass is 9.98. The van der Waals surface area contributed by atoms with Crippen molar-refractivity contribution in [2.45, 2.75) is 25.4 Å². The second-order valence-corrected chi connectivity index (χ2v) is 5.16. The lowest BCUT2D eigenvalue weighted by Gasteiger charge is -2.29. The molecule has 2 unspecified atom stereocenters. The first-order valence-electron chi connectivity index (χ1n) is 6.48. The zero-order chi connectivity index (χ0) is 13.8. The summed E-state index contributed by atoms with van der Waals surface area (Å²) in [6, 6.07) is 0. The molecule has 2 heterocycles. The molecular weight excluding hydrogens is 250 g/mol. The molecule has 2 N–H and O–H groups in total. The van der Waals surface area contributed by atoms with Crippen molar-refractivity contribution < 1.29 is 19.5 Å². The van der Waals surface area contributed by atoms with E-state index in [9.17, 15) is 9.59 Å². The zero-order valence-electron chi connectivity index (χ0n) is 11.0. The first kappa shape index (κ1) is 13.8. The maximum Gasteiger partial charge on any atom is 0.353 e. The lowest BCUT2D eigenvalue weighted by Crippen LogP contribution is -2.42. The van der Waals surface area contributed by atoms with Gasteiger partial charge >= 0.3 is 5.97 Å². The molecule has 106 valence electrons. The molecule has 0 aromatic rings. The average molecular weight is 269 g/mol. The van der Waals surface area contributed by atoms with Crippen molar-refractivity contribution in [3.63, 3.8) is 0 Å². The van der Waals surface area contributed by atoms with Crippen molar-refractivity contribution in [1.29, 1.82) is 0 Å². The van der Waals surface area contributed by atoms with E-state index in [-0.39, 0.29) is 18.0 Å². The van der Waals surface area contributed by atoms with Gasteiger partial charge in [0.1, 0.15) is 0 Å². The van der Waals surface area contributed by atoms with Crippen LogP contribution in [0, 0.1) is 5.92 Å². The van der Waals surface area contributed by atoms with E-state index in [1.54, 1.807) is 0 Å². The van der Waals surface area contributed by atoms with Gasteiger partial charge in [-0.05, 0) is 32.4 Å². The Balaban J connectivity index is 1.72. The number of likely N-dealkylation sites (tertiary alicyclic amines) is 1. The summed E-state index contributed by atoms with van der Waals surface area (Å²) in [4.78, 5) is 29.6. The van der Waals surface area contributed by atoms with Crippen LogP contribution in [-0.4, -0.2) is 60.4 Å². The molecule has 19 heavy (non-hydrogen) atoms. The number of carboxylic acid groups (broad SMARTS) is 1. The van der Waals surface area contributed by atoms with Crippen LogP contribution in [0.5, 0.6) is 0 Å². The number of aliphatic carboxylic acids is 1. The number of nitrogens with one attached hydrogen (secondary N) is 1. The number of hydrogen-bond donors (Lipinski definition) is 2. The molecule has 0 saturated carbocycles. The van der Waals surface area contributed by atoms with Gasteiger partial charge in [-0.15, -0.1) is 0 Å². The number of nitrogens with zero attached hydrogens (tertiary/aromatic N) is 2. The van der Waals surface area contributed by atoms with Crippen LogP contribution in [0.2, 0.25) is 0 Å². The third kappa shape index (κ3) is 3.66. The summed E-state index contributed by atoms with van der Waals surface area (Å²) in [6.45, 7) is 2.68. The molecule has 0 spiro atoms. The molecule has 7 heteroatoms. The topological polar surface area (TPSA) is 91.2 Å². The van der Waals surface area contributed by atoms with E-state index in [0.29, 0.717) is 12.5 Å². The Bertz CT molecular complexity index is 396. The van der Waals surface area contributed by atoms with Crippen LogP contribution in [0.25, 0.3) is 0 Å². The van der Waals surface area contributed by atoms with Crippen LogP contribution >= 0.6 is 0 Å². The van der Waals surface area contributed by atoms with Crippen molar-refractivity contribution >= 4 is 17.6 Å². The van der Waals surface area contributed by atoms with Crippen LogP contribution in [0.3, 0.4) is 0 Å². The van der Waals surface area contributed by atoms with Gasteiger partial charge in [-0.3, -0.25) is 4.79 Å². The standard InChI is InChI=1S/C12H19N3O4/c1-15-4-2-3-8(7-15)6-13-11(16)10-5-9(12(17)18)14-19-10/h8,10H,2-7H2,1H3,(H,13,16)(H,17,18). The van der Waals surface area contributed by atoms with E-state index in [2.05, 4.69) is 22.4 Å². The van der Waals surface area contributed by atoms with Crippen molar-refractivity contribution in [3.05, 3.63) is 0 Å². The quantitative estimate of drug-likeness (QED) is 0.729. The summed E-state index contributed by atoms with van der Waals surface area (Å²) in [5, 5.41) is 14.9. The van der Waals surface area contributed by atoms with Crippen LogP contribution < -0.4 is 5.32 Å². The highest BCUT2D eigenvalue weighted by Gasteiger charge is 2.31. The molecule has 0 aromatic heterocycles. The molecule has 2 rings (SSSR count). The summed E-state index contributed by atoms with van der Waals surface area (Å²) in [5.74, 6) is -0.971. The van der Waals surface area contributed by atoms with Crippen molar-refractivity contribution in [3.8, 4) is 0 Å². The number of oxime groups is 1. The fourth-order valence-electron chi connectivity index (χ4n) is 2.44. The zero-order valence-corrected chi connectivity index (χ0v) is 11.0. The molecule has 0 bridgehead atoms. The largest absolute Gasteiger partial charge is 0.477 e. The number of hydrogen-bond acceptors (Lipinski definition) is 5. The lowest BCUT2D eigenvalue weighted by molar-refractivity contribution is -0.131. The van der Waals surface area contributed by atoms with E-state index in [1.165, 1.54) is 0 Å². The fraction of sp³-hybridized carbons (Fsp3) is 0.750. The minimum absolute atomic E-state index is 0.0335. The number of carboxylic acids is 1. The van der Waals surface area contributed by atoms with Crippen molar-refractivity contribution in [2.75, 3.05) is 26.7 Å². The summed E-state index contributed by atoms with van der Waals surface area (Å²) in [5.41, 5.74) is -0.0995. The van der Waals surface area contributed by atoms with Gasteiger partial charge < -0.3 is 20.2 Å². The Morgan fingerprint density at radius 2 is 2.37 bits per heavy atom. The normalized spacial score (nSPS) is 27.5. The monoisotopic (exact) mass is 269 g/mol. The van der Waals surface area contributed by atoms with E-state index < -0.39 is 12.1 Å². The first-order chi connectivity index (χ1) is 9.06. The van der Waals surface area contributed by atoms with Crippen LogP contribution in [0.15, 0.2) is 5.16 Å². The van der Waals surface area contributed by atoms with E-state index in [4.69, 9.17) is 9.94 Å². The molecular formula is C12H19N3O4. The van der Waals surface area contributed by atoms with Crippen LogP contribution in [0.1, 0.15) is 19.3 Å². The minimum Gasteiger partial charge on any atom is -0.477 e. The Morgan fingerprint density at radius 1 is 1.58 bits per heavy atom. The van der Waals surface area contributed by atoms with E-state index in [0.717, 1.165) is 25.9 Å². The predicted octanol–water partition coefficient (Wildman–Crippen LogP) is -0.326. The van der Waals surface area contributed by atoms with Gasteiger partial charge in [0.05, 0.1) is 0 Å². The third-order valence-corrected chi connectivity index (χ3v) is 3.50.